The van der Waals surface area contributed by atoms with Gasteiger partial charge in [0.05, 0.1) is 15.8 Å². The predicted octanol–water partition coefficient (Wildman–Crippen LogP) is 4.32. The van der Waals surface area contributed by atoms with E-state index in [9.17, 15) is 4.79 Å². The monoisotopic (exact) mass is 423 g/mol. The molecule has 2 aromatic rings. The number of aldehydes is 1. The van der Waals surface area contributed by atoms with E-state index in [1.165, 1.54) is 7.11 Å². The minimum atomic E-state index is 0.172. The Hall–Kier alpha value is -2.41. The van der Waals surface area contributed by atoms with Crippen LogP contribution in [0.25, 0.3) is 0 Å². The van der Waals surface area contributed by atoms with Crippen LogP contribution in [0.5, 0.6) is 0 Å². The normalized spacial score (nSPS) is 11.4. The SMILES string of the molecule is CNC.CO/N=C(/C=O)c1ccccc1CO/N=C(\C)c1ccc(Cl)c(Cl)c1. The molecule has 0 aliphatic carbocycles. The second kappa shape index (κ2) is 12.9. The van der Waals surface area contributed by atoms with Crippen LogP contribution in [0, 0.1) is 0 Å². The quantitative estimate of drug-likeness (QED) is 0.408. The topological polar surface area (TPSA) is 72.3 Å². The van der Waals surface area contributed by atoms with E-state index in [1.807, 2.05) is 26.2 Å². The Morgan fingerprint density at radius 3 is 2.39 bits per heavy atom. The van der Waals surface area contributed by atoms with Crippen LogP contribution < -0.4 is 5.32 Å². The molecule has 0 radical (unpaired) electrons. The minimum absolute atomic E-state index is 0.172. The molecule has 0 saturated carbocycles. The van der Waals surface area contributed by atoms with Crippen molar-refractivity contribution in [2.24, 2.45) is 10.3 Å². The number of hydrogen-bond donors (Lipinski definition) is 1. The molecule has 0 aromatic heterocycles. The first-order valence-electron chi connectivity index (χ1n) is 8.33. The third-order valence-electron chi connectivity index (χ3n) is 3.35. The van der Waals surface area contributed by atoms with Crippen molar-refractivity contribution >= 4 is 40.9 Å². The standard InChI is InChI=1S/C18H16Cl2N2O3.C2H7N/c1-12(13-7-8-16(19)17(20)9-13)21-25-11-14-5-3-4-6-15(14)18(10-23)22-24-2;1-3-2/h3-10H,11H2,1-2H3;3H,1-2H3/b21-12+,22-18-;. The molecule has 6 nitrogen and oxygen atoms in total. The van der Waals surface area contributed by atoms with Crippen molar-refractivity contribution in [3.8, 4) is 0 Å². The van der Waals surface area contributed by atoms with Crippen LogP contribution in [0.2, 0.25) is 10.0 Å². The van der Waals surface area contributed by atoms with Gasteiger partial charge < -0.3 is 15.0 Å². The maximum atomic E-state index is 11.2. The molecule has 0 unspecified atom stereocenters. The van der Waals surface area contributed by atoms with Gasteiger partial charge in [-0.05, 0) is 33.2 Å². The van der Waals surface area contributed by atoms with Crippen LogP contribution in [-0.4, -0.2) is 38.9 Å². The highest BCUT2D eigenvalue weighted by atomic mass is 35.5. The van der Waals surface area contributed by atoms with Gasteiger partial charge >= 0.3 is 0 Å². The first-order valence-corrected chi connectivity index (χ1v) is 9.09. The van der Waals surface area contributed by atoms with Crippen LogP contribution in [0.4, 0.5) is 0 Å². The fourth-order valence-corrected chi connectivity index (χ4v) is 2.40. The van der Waals surface area contributed by atoms with Crippen molar-refractivity contribution in [2.75, 3.05) is 21.2 Å². The third-order valence-corrected chi connectivity index (χ3v) is 4.09. The average Bonchev–Trinajstić information content (AvgIpc) is 2.69. The van der Waals surface area contributed by atoms with Crippen LogP contribution >= 0.6 is 23.2 Å². The second-order valence-electron chi connectivity index (χ2n) is 5.51. The number of carbonyl (C=O) groups is 1. The third kappa shape index (κ3) is 7.31. The maximum Gasteiger partial charge on any atom is 0.172 e. The van der Waals surface area contributed by atoms with E-state index in [4.69, 9.17) is 32.9 Å². The first-order chi connectivity index (χ1) is 13.5. The zero-order valence-electron chi connectivity index (χ0n) is 16.2. The van der Waals surface area contributed by atoms with Crippen molar-refractivity contribution in [1.29, 1.82) is 0 Å². The molecular formula is C20H23Cl2N3O3. The van der Waals surface area contributed by atoms with Gasteiger partial charge in [-0.3, -0.25) is 4.79 Å². The molecule has 0 fully saturated rings. The van der Waals surface area contributed by atoms with Gasteiger partial charge in [-0.25, -0.2) is 0 Å². The predicted molar refractivity (Wildman–Crippen MR) is 114 cm³/mol. The summed E-state index contributed by atoms with van der Waals surface area (Å²) < 4.78 is 0. The molecule has 2 rings (SSSR count). The number of benzene rings is 2. The molecule has 0 saturated heterocycles. The van der Waals surface area contributed by atoms with Crippen molar-refractivity contribution in [3.63, 3.8) is 0 Å². The van der Waals surface area contributed by atoms with Crippen LogP contribution in [0.1, 0.15) is 23.6 Å². The lowest BCUT2D eigenvalue weighted by Gasteiger charge is -2.08. The number of halogens is 2. The molecule has 0 spiro atoms. The minimum Gasteiger partial charge on any atom is -0.399 e. The fourth-order valence-electron chi connectivity index (χ4n) is 2.10. The Balaban J connectivity index is 0.00000122. The summed E-state index contributed by atoms with van der Waals surface area (Å²) in [6, 6.07) is 12.5. The van der Waals surface area contributed by atoms with E-state index in [0.717, 1.165) is 11.1 Å². The van der Waals surface area contributed by atoms with Gasteiger partial charge in [-0.2, -0.15) is 0 Å². The van der Waals surface area contributed by atoms with Crippen molar-refractivity contribution < 1.29 is 14.5 Å². The number of nitrogens with one attached hydrogen (secondary N) is 1. The van der Waals surface area contributed by atoms with E-state index in [0.29, 0.717) is 27.6 Å². The lowest BCUT2D eigenvalue weighted by atomic mass is 10.0. The Kier molecular flexibility index (Phi) is 10.9. The molecule has 28 heavy (non-hydrogen) atoms. The molecule has 1 N–H and O–H groups in total. The van der Waals surface area contributed by atoms with Crippen molar-refractivity contribution in [2.45, 2.75) is 13.5 Å². The lowest BCUT2D eigenvalue weighted by molar-refractivity contribution is -0.102. The number of oxime groups is 2. The number of carbonyl (C=O) groups excluding carboxylic acids is 1. The summed E-state index contributed by atoms with van der Waals surface area (Å²) in [5.74, 6) is 0. The molecule has 2 aromatic carbocycles. The average molecular weight is 424 g/mol. The Morgan fingerprint density at radius 1 is 1.11 bits per heavy atom. The van der Waals surface area contributed by atoms with Crippen LogP contribution in [-0.2, 0) is 21.1 Å². The number of hydrogen-bond acceptors (Lipinski definition) is 6. The van der Waals surface area contributed by atoms with Crippen molar-refractivity contribution in [3.05, 3.63) is 69.2 Å². The molecule has 8 heteroatoms. The van der Waals surface area contributed by atoms with E-state index < -0.39 is 0 Å². The van der Waals surface area contributed by atoms with E-state index in [1.54, 1.807) is 37.3 Å². The highest BCUT2D eigenvalue weighted by Gasteiger charge is 2.10. The summed E-state index contributed by atoms with van der Waals surface area (Å²) in [4.78, 5) is 21.3. The zero-order valence-corrected chi connectivity index (χ0v) is 17.7. The van der Waals surface area contributed by atoms with Gasteiger partial charge in [-0.15, -0.1) is 0 Å². The summed E-state index contributed by atoms with van der Waals surface area (Å²) in [6.45, 7) is 1.97. The zero-order chi connectivity index (χ0) is 20.9. The van der Waals surface area contributed by atoms with Crippen molar-refractivity contribution in [1.82, 2.24) is 5.32 Å². The van der Waals surface area contributed by atoms with Crippen LogP contribution in [0.3, 0.4) is 0 Å². The summed E-state index contributed by atoms with van der Waals surface area (Å²) in [7, 11) is 5.13. The van der Waals surface area contributed by atoms with Gasteiger partial charge in [0.1, 0.15) is 19.4 Å². The number of nitrogens with zero attached hydrogens (tertiary/aromatic N) is 2. The molecule has 0 atom stereocenters. The summed E-state index contributed by atoms with van der Waals surface area (Å²) >= 11 is 11.9. The Labute approximate surface area is 175 Å². The smallest absolute Gasteiger partial charge is 0.172 e. The summed E-state index contributed by atoms with van der Waals surface area (Å²) in [6.07, 6.45) is 0.632. The van der Waals surface area contributed by atoms with Gasteiger partial charge in [0.15, 0.2) is 6.29 Å². The summed E-state index contributed by atoms with van der Waals surface area (Å²) in [5.41, 5.74) is 3.03. The molecular weight excluding hydrogens is 401 g/mol. The highest BCUT2D eigenvalue weighted by molar-refractivity contribution is 6.42. The number of rotatable bonds is 7. The Bertz CT molecular complexity index is 839. The molecule has 0 aliphatic rings. The highest BCUT2D eigenvalue weighted by Crippen LogP contribution is 2.23. The molecule has 0 heterocycles. The van der Waals surface area contributed by atoms with Gasteiger partial charge in [0.25, 0.3) is 0 Å². The molecule has 0 amide bonds. The largest absolute Gasteiger partial charge is 0.399 e. The van der Waals surface area contributed by atoms with Gasteiger partial charge in [0.2, 0.25) is 0 Å². The van der Waals surface area contributed by atoms with E-state index >= 15 is 0 Å². The van der Waals surface area contributed by atoms with Gasteiger partial charge in [0, 0.05) is 16.7 Å². The van der Waals surface area contributed by atoms with Gasteiger partial charge in [-0.1, -0.05) is 63.8 Å². The first kappa shape index (κ1) is 23.6. The van der Waals surface area contributed by atoms with Crippen LogP contribution in [0.15, 0.2) is 52.8 Å². The summed E-state index contributed by atoms with van der Waals surface area (Å²) in [5, 5.41) is 11.5. The molecule has 0 bridgehead atoms. The lowest BCUT2D eigenvalue weighted by Crippen LogP contribution is -2.08. The maximum absolute atomic E-state index is 11.2. The molecule has 0 aliphatic heterocycles. The van der Waals surface area contributed by atoms with E-state index in [-0.39, 0.29) is 12.3 Å². The fraction of sp³-hybridized carbons (Fsp3) is 0.250. The Morgan fingerprint density at radius 2 is 1.79 bits per heavy atom. The van der Waals surface area contributed by atoms with E-state index in [2.05, 4.69) is 15.6 Å². The second-order valence-corrected chi connectivity index (χ2v) is 6.33. The molecule has 150 valence electrons.